The molecule has 1 saturated carbocycles. The summed E-state index contributed by atoms with van der Waals surface area (Å²) in [5, 5.41) is 6.30. The van der Waals surface area contributed by atoms with Crippen LogP contribution >= 0.6 is 0 Å². The molecule has 4 rings (SSSR count). The third-order valence-corrected chi connectivity index (χ3v) is 7.66. The van der Waals surface area contributed by atoms with Gasteiger partial charge in [-0.1, -0.05) is 31.4 Å². The van der Waals surface area contributed by atoms with Crippen molar-refractivity contribution in [2.24, 2.45) is 11.8 Å². The minimum absolute atomic E-state index is 0.0382. The molecule has 2 N–H and O–H groups in total. The molecule has 0 spiro atoms. The summed E-state index contributed by atoms with van der Waals surface area (Å²) in [6.07, 6.45) is 7.42. The normalized spacial score (nSPS) is 22.6. The Labute approximate surface area is 203 Å². The van der Waals surface area contributed by atoms with Gasteiger partial charge in [0.1, 0.15) is 0 Å². The van der Waals surface area contributed by atoms with E-state index in [0.29, 0.717) is 24.6 Å². The maximum Gasteiger partial charge on any atom is 0.251 e. The number of carbonyl (C=O) groups excluding carboxylic acids is 3. The van der Waals surface area contributed by atoms with Crippen LogP contribution < -0.4 is 10.6 Å². The summed E-state index contributed by atoms with van der Waals surface area (Å²) >= 11 is 0. The van der Waals surface area contributed by atoms with Gasteiger partial charge in [0.2, 0.25) is 5.91 Å². The van der Waals surface area contributed by atoms with Crippen molar-refractivity contribution in [1.82, 2.24) is 15.5 Å². The first-order valence-corrected chi connectivity index (χ1v) is 13.0. The fourth-order valence-corrected chi connectivity index (χ4v) is 5.55. The van der Waals surface area contributed by atoms with Crippen molar-refractivity contribution in [3.63, 3.8) is 0 Å². The third kappa shape index (κ3) is 6.45. The van der Waals surface area contributed by atoms with Crippen LogP contribution in [0.3, 0.4) is 0 Å². The molecule has 186 valence electrons. The molecule has 1 aliphatic carbocycles. The third-order valence-electron chi connectivity index (χ3n) is 7.66. The summed E-state index contributed by atoms with van der Waals surface area (Å²) in [5.74, 6) is 0.970. The number of Topliss-reactive ketones (excluding diaryl/α,β-unsaturated/α-hetero) is 1. The Balaban J connectivity index is 1.34. The van der Waals surface area contributed by atoms with Crippen LogP contribution in [0.5, 0.6) is 0 Å². The number of piperidine rings is 1. The van der Waals surface area contributed by atoms with Crippen LogP contribution in [0.25, 0.3) is 0 Å². The Morgan fingerprint density at radius 2 is 1.88 bits per heavy atom. The van der Waals surface area contributed by atoms with E-state index in [2.05, 4.69) is 10.6 Å². The number of carbonyl (C=O) groups is 3. The molecule has 2 amide bonds. The maximum atomic E-state index is 13.1. The monoisotopic (exact) mass is 469 g/mol. The van der Waals surface area contributed by atoms with E-state index in [0.717, 1.165) is 70.4 Å². The predicted molar refractivity (Wildman–Crippen MR) is 131 cm³/mol. The van der Waals surface area contributed by atoms with Gasteiger partial charge in [-0.25, -0.2) is 0 Å². The van der Waals surface area contributed by atoms with Gasteiger partial charge >= 0.3 is 0 Å². The Hall–Kier alpha value is -2.25. The van der Waals surface area contributed by atoms with Crippen molar-refractivity contribution >= 4 is 17.6 Å². The Morgan fingerprint density at radius 3 is 2.59 bits per heavy atom. The number of ether oxygens (including phenoxy) is 1. The number of benzene rings is 1. The summed E-state index contributed by atoms with van der Waals surface area (Å²) in [6.45, 7) is 5.79. The number of nitrogens with one attached hydrogen (secondary N) is 2. The standard InChI is InChI=1S/C27H39N3O4/c1-19(31)26(21-7-3-2-4-8-21)29-27(33)23-10-5-9-22(13-23)24-11-6-12-30(16-24)25(32)15-28-14-20-17-34-18-20/h5,9-10,13,20-21,24,26,28H,2-4,6-8,11-12,14-18H2,1H3,(H,29,33)/t24?,26-/m0/s1. The molecule has 2 heterocycles. The van der Waals surface area contributed by atoms with Gasteiger partial charge in [0.15, 0.2) is 5.78 Å². The zero-order valence-corrected chi connectivity index (χ0v) is 20.4. The molecule has 0 radical (unpaired) electrons. The highest BCUT2D eigenvalue weighted by Gasteiger charge is 2.30. The smallest absolute Gasteiger partial charge is 0.251 e. The number of rotatable bonds is 9. The van der Waals surface area contributed by atoms with Gasteiger partial charge in [-0.05, 0) is 56.2 Å². The minimum atomic E-state index is -0.404. The average molecular weight is 470 g/mol. The van der Waals surface area contributed by atoms with Gasteiger partial charge in [-0.2, -0.15) is 0 Å². The van der Waals surface area contributed by atoms with Gasteiger partial charge in [-0.3, -0.25) is 14.4 Å². The van der Waals surface area contributed by atoms with Gasteiger partial charge in [0.25, 0.3) is 5.91 Å². The summed E-state index contributed by atoms with van der Waals surface area (Å²) in [6, 6.07) is 7.32. The van der Waals surface area contributed by atoms with Crippen LogP contribution in [0.4, 0.5) is 0 Å². The fraction of sp³-hybridized carbons (Fsp3) is 0.667. The zero-order chi connectivity index (χ0) is 23.9. The second kappa shape index (κ2) is 11.9. The molecule has 34 heavy (non-hydrogen) atoms. The molecule has 7 nitrogen and oxygen atoms in total. The lowest BCUT2D eigenvalue weighted by molar-refractivity contribution is -0.131. The lowest BCUT2D eigenvalue weighted by Crippen LogP contribution is -2.46. The van der Waals surface area contributed by atoms with E-state index in [1.165, 1.54) is 6.42 Å². The summed E-state index contributed by atoms with van der Waals surface area (Å²) in [4.78, 5) is 40.0. The van der Waals surface area contributed by atoms with E-state index in [1.807, 2.05) is 29.2 Å². The van der Waals surface area contributed by atoms with E-state index in [9.17, 15) is 14.4 Å². The van der Waals surface area contributed by atoms with Gasteiger partial charge in [-0.15, -0.1) is 0 Å². The van der Waals surface area contributed by atoms with Crippen molar-refractivity contribution in [1.29, 1.82) is 0 Å². The van der Waals surface area contributed by atoms with Gasteiger partial charge < -0.3 is 20.3 Å². The molecule has 1 aromatic carbocycles. The Morgan fingerprint density at radius 1 is 1.09 bits per heavy atom. The molecule has 0 aromatic heterocycles. The lowest BCUT2D eigenvalue weighted by Gasteiger charge is -2.34. The molecular formula is C27H39N3O4. The van der Waals surface area contributed by atoms with Crippen LogP contribution in [0.1, 0.15) is 73.7 Å². The van der Waals surface area contributed by atoms with Crippen molar-refractivity contribution in [2.75, 3.05) is 39.4 Å². The van der Waals surface area contributed by atoms with Crippen molar-refractivity contribution in [3.05, 3.63) is 35.4 Å². The summed E-state index contributed by atoms with van der Waals surface area (Å²) in [5.41, 5.74) is 1.68. The molecule has 2 saturated heterocycles. The number of ketones is 1. The number of amides is 2. The molecule has 2 atom stereocenters. The number of hydrogen-bond donors (Lipinski definition) is 2. The first-order chi connectivity index (χ1) is 16.5. The highest BCUT2D eigenvalue weighted by molar-refractivity contribution is 5.97. The van der Waals surface area contributed by atoms with E-state index >= 15 is 0 Å². The number of likely N-dealkylation sites (tertiary alicyclic amines) is 1. The second-order valence-electron chi connectivity index (χ2n) is 10.3. The first kappa shape index (κ1) is 24.9. The van der Waals surface area contributed by atoms with E-state index in [-0.39, 0.29) is 29.4 Å². The SMILES string of the molecule is CC(=O)[C@H](NC(=O)c1cccc(C2CCCN(C(=O)CNCC3COC3)C2)c1)C1CCCCC1. The molecule has 2 aliphatic heterocycles. The maximum absolute atomic E-state index is 13.1. The van der Waals surface area contributed by atoms with E-state index < -0.39 is 6.04 Å². The highest BCUT2D eigenvalue weighted by Crippen LogP contribution is 2.29. The van der Waals surface area contributed by atoms with Gasteiger partial charge in [0, 0.05) is 37.0 Å². The van der Waals surface area contributed by atoms with Crippen LogP contribution in [0.15, 0.2) is 24.3 Å². The largest absolute Gasteiger partial charge is 0.381 e. The first-order valence-electron chi connectivity index (χ1n) is 13.0. The van der Waals surface area contributed by atoms with Crippen LogP contribution in [-0.4, -0.2) is 67.9 Å². The summed E-state index contributed by atoms with van der Waals surface area (Å²) in [7, 11) is 0. The topological polar surface area (TPSA) is 87.7 Å². The van der Waals surface area contributed by atoms with Crippen LogP contribution in [-0.2, 0) is 14.3 Å². The molecule has 3 aliphatic rings. The van der Waals surface area contributed by atoms with Crippen molar-refractivity contribution < 1.29 is 19.1 Å². The quantitative estimate of drug-likeness (QED) is 0.581. The van der Waals surface area contributed by atoms with E-state index in [4.69, 9.17) is 4.74 Å². The molecule has 1 aromatic rings. The summed E-state index contributed by atoms with van der Waals surface area (Å²) < 4.78 is 5.18. The molecular weight excluding hydrogens is 430 g/mol. The zero-order valence-electron chi connectivity index (χ0n) is 20.4. The van der Waals surface area contributed by atoms with Crippen molar-refractivity contribution in [3.8, 4) is 0 Å². The average Bonchev–Trinajstić information content (AvgIpc) is 2.84. The number of nitrogens with zero attached hydrogens (tertiary/aromatic N) is 1. The van der Waals surface area contributed by atoms with Crippen molar-refractivity contribution in [2.45, 2.75) is 63.8 Å². The number of hydrogen-bond acceptors (Lipinski definition) is 5. The Bertz CT molecular complexity index is 863. The molecule has 1 unspecified atom stereocenters. The highest BCUT2D eigenvalue weighted by atomic mass is 16.5. The van der Waals surface area contributed by atoms with Gasteiger partial charge in [0.05, 0.1) is 25.8 Å². The molecule has 7 heteroatoms. The molecule has 0 bridgehead atoms. The lowest BCUT2D eigenvalue weighted by atomic mass is 9.82. The Kier molecular flexibility index (Phi) is 8.73. The molecule has 3 fully saturated rings. The second-order valence-corrected chi connectivity index (χ2v) is 10.3. The minimum Gasteiger partial charge on any atom is -0.381 e. The van der Waals surface area contributed by atoms with Crippen LogP contribution in [0, 0.1) is 11.8 Å². The fourth-order valence-electron chi connectivity index (χ4n) is 5.55. The predicted octanol–water partition coefficient (Wildman–Crippen LogP) is 2.90. The van der Waals surface area contributed by atoms with E-state index in [1.54, 1.807) is 6.92 Å². The van der Waals surface area contributed by atoms with Crippen LogP contribution in [0.2, 0.25) is 0 Å².